The molecule has 0 saturated heterocycles. The summed E-state index contributed by atoms with van der Waals surface area (Å²) in [5, 5.41) is 9.11. The van der Waals surface area contributed by atoms with Gasteiger partial charge in [0, 0.05) is 10.5 Å². The lowest BCUT2D eigenvalue weighted by atomic mass is 10.1. The van der Waals surface area contributed by atoms with Crippen LogP contribution in [0.4, 0.5) is 0 Å². The van der Waals surface area contributed by atoms with Crippen LogP contribution < -0.4 is 4.72 Å². The van der Waals surface area contributed by atoms with Crippen molar-refractivity contribution in [2.24, 2.45) is 0 Å². The van der Waals surface area contributed by atoms with Gasteiger partial charge in [-0.05, 0) is 47.0 Å². The number of rotatable bonds is 8. The van der Waals surface area contributed by atoms with Crippen LogP contribution in [0.1, 0.15) is 45.1 Å². The molecular formula is C14H22BrNO3S. The predicted octanol–water partition coefficient (Wildman–Crippen LogP) is 3.19. The molecule has 0 fully saturated rings. The Morgan fingerprint density at radius 1 is 1.35 bits per heavy atom. The second-order valence-corrected chi connectivity index (χ2v) is 7.48. The van der Waals surface area contributed by atoms with Crippen molar-refractivity contribution in [1.29, 1.82) is 0 Å². The Morgan fingerprint density at radius 3 is 2.65 bits per heavy atom. The van der Waals surface area contributed by atoms with Crippen molar-refractivity contribution in [2.75, 3.05) is 0 Å². The molecule has 4 nitrogen and oxygen atoms in total. The van der Waals surface area contributed by atoms with E-state index in [1.54, 1.807) is 12.1 Å². The highest BCUT2D eigenvalue weighted by Gasteiger charge is 2.20. The van der Waals surface area contributed by atoms with Gasteiger partial charge in [0.1, 0.15) is 0 Å². The highest BCUT2D eigenvalue weighted by atomic mass is 79.9. The largest absolute Gasteiger partial charge is 0.392 e. The van der Waals surface area contributed by atoms with Crippen LogP contribution in [0, 0.1) is 0 Å². The van der Waals surface area contributed by atoms with E-state index in [4.69, 9.17) is 5.11 Å². The van der Waals surface area contributed by atoms with Crippen molar-refractivity contribution in [3.8, 4) is 0 Å². The molecule has 0 radical (unpaired) electrons. The number of hydrogen-bond acceptors (Lipinski definition) is 3. The molecule has 1 atom stereocenters. The molecule has 0 bridgehead atoms. The van der Waals surface area contributed by atoms with Gasteiger partial charge in [-0.25, -0.2) is 13.1 Å². The van der Waals surface area contributed by atoms with Crippen molar-refractivity contribution in [3.05, 3.63) is 28.2 Å². The highest BCUT2D eigenvalue weighted by molar-refractivity contribution is 9.10. The standard InChI is InChI=1S/C14H22BrNO3S/c1-3-4-5-6-11(2)16-20(18,19)14-9-12(10-17)7-8-13(14)15/h7-9,11,16-17H,3-6,10H2,1-2H3. The molecule has 0 heterocycles. The molecule has 1 aromatic rings. The Morgan fingerprint density at radius 2 is 2.05 bits per heavy atom. The van der Waals surface area contributed by atoms with Gasteiger partial charge in [-0.3, -0.25) is 0 Å². The lowest BCUT2D eigenvalue weighted by molar-refractivity contribution is 0.281. The zero-order chi connectivity index (χ0) is 15.2. The summed E-state index contributed by atoms with van der Waals surface area (Å²) in [5.74, 6) is 0. The quantitative estimate of drug-likeness (QED) is 0.697. The average molecular weight is 364 g/mol. The van der Waals surface area contributed by atoms with Gasteiger partial charge in [0.25, 0.3) is 0 Å². The fourth-order valence-corrected chi connectivity index (χ4v) is 4.23. The van der Waals surface area contributed by atoms with Crippen molar-refractivity contribution in [2.45, 2.75) is 57.1 Å². The minimum absolute atomic E-state index is 0.101. The van der Waals surface area contributed by atoms with Gasteiger partial charge >= 0.3 is 0 Å². The molecule has 114 valence electrons. The van der Waals surface area contributed by atoms with Gasteiger partial charge in [-0.2, -0.15) is 0 Å². The number of unbranched alkanes of at least 4 members (excludes halogenated alkanes) is 2. The van der Waals surface area contributed by atoms with E-state index >= 15 is 0 Å². The Bertz CT molecular complexity index is 531. The van der Waals surface area contributed by atoms with Crippen LogP contribution >= 0.6 is 15.9 Å². The molecule has 6 heteroatoms. The monoisotopic (exact) mass is 363 g/mol. The van der Waals surface area contributed by atoms with Crippen LogP contribution in [0.2, 0.25) is 0 Å². The number of aliphatic hydroxyl groups excluding tert-OH is 1. The normalized spacial score (nSPS) is 13.4. The van der Waals surface area contributed by atoms with E-state index in [1.807, 2.05) is 6.92 Å². The second-order valence-electron chi connectivity index (χ2n) is 4.94. The third-order valence-electron chi connectivity index (χ3n) is 3.06. The molecule has 1 unspecified atom stereocenters. The lowest BCUT2D eigenvalue weighted by Gasteiger charge is -2.15. The lowest BCUT2D eigenvalue weighted by Crippen LogP contribution is -2.32. The van der Waals surface area contributed by atoms with E-state index in [0.717, 1.165) is 25.7 Å². The topological polar surface area (TPSA) is 66.4 Å². The maximum absolute atomic E-state index is 12.3. The van der Waals surface area contributed by atoms with Crippen molar-refractivity contribution < 1.29 is 13.5 Å². The Kier molecular flexibility index (Phi) is 7.15. The van der Waals surface area contributed by atoms with Crippen LogP contribution in [0.5, 0.6) is 0 Å². The van der Waals surface area contributed by atoms with Crippen molar-refractivity contribution >= 4 is 26.0 Å². The highest BCUT2D eigenvalue weighted by Crippen LogP contribution is 2.23. The molecule has 0 aromatic heterocycles. The third-order valence-corrected chi connectivity index (χ3v) is 5.65. The zero-order valence-electron chi connectivity index (χ0n) is 11.9. The Balaban J connectivity index is 2.83. The minimum Gasteiger partial charge on any atom is -0.392 e. The number of nitrogens with one attached hydrogen (secondary N) is 1. The van der Waals surface area contributed by atoms with Crippen LogP contribution in [0.25, 0.3) is 0 Å². The van der Waals surface area contributed by atoms with Crippen molar-refractivity contribution in [1.82, 2.24) is 4.72 Å². The maximum atomic E-state index is 12.3. The molecule has 0 aliphatic carbocycles. The number of benzene rings is 1. The zero-order valence-corrected chi connectivity index (χ0v) is 14.3. The fourth-order valence-electron chi connectivity index (χ4n) is 1.94. The van der Waals surface area contributed by atoms with Crippen LogP contribution in [0.3, 0.4) is 0 Å². The third kappa shape index (κ3) is 5.16. The Labute approximate surface area is 129 Å². The molecule has 0 spiro atoms. The summed E-state index contributed by atoms with van der Waals surface area (Å²) in [6.45, 7) is 3.81. The van der Waals surface area contributed by atoms with E-state index in [2.05, 4.69) is 27.6 Å². The number of hydrogen-bond donors (Lipinski definition) is 2. The van der Waals surface area contributed by atoms with Crippen LogP contribution in [-0.2, 0) is 16.6 Å². The molecule has 0 amide bonds. The molecule has 0 aliphatic rings. The van der Waals surface area contributed by atoms with Crippen molar-refractivity contribution in [3.63, 3.8) is 0 Å². The number of halogens is 1. The summed E-state index contributed by atoms with van der Waals surface area (Å²) in [4.78, 5) is 0.173. The van der Waals surface area contributed by atoms with E-state index in [1.165, 1.54) is 6.07 Å². The second kappa shape index (κ2) is 8.12. The fraction of sp³-hybridized carbons (Fsp3) is 0.571. The molecule has 1 rings (SSSR count). The molecule has 2 N–H and O–H groups in total. The van der Waals surface area contributed by atoms with Crippen LogP contribution in [0.15, 0.2) is 27.6 Å². The minimum atomic E-state index is -3.57. The van der Waals surface area contributed by atoms with Gasteiger partial charge in [-0.15, -0.1) is 0 Å². The first kappa shape index (κ1) is 17.6. The number of sulfonamides is 1. The van der Waals surface area contributed by atoms with Gasteiger partial charge in [0.2, 0.25) is 10.0 Å². The molecule has 1 aromatic carbocycles. The summed E-state index contributed by atoms with van der Waals surface area (Å²) < 4.78 is 27.9. The summed E-state index contributed by atoms with van der Waals surface area (Å²) in [7, 11) is -3.57. The SMILES string of the molecule is CCCCCC(C)NS(=O)(=O)c1cc(CO)ccc1Br. The van der Waals surface area contributed by atoms with Crippen LogP contribution in [-0.4, -0.2) is 19.6 Å². The molecule has 20 heavy (non-hydrogen) atoms. The first-order chi connectivity index (χ1) is 9.40. The summed E-state index contributed by atoms with van der Waals surface area (Å²) in [5.41, 5.74) is 0.576. The van der Waals surface area contributed by atoms with Gasteiger partial charge < -0.3 is 5.11 Å². The summed E-state index contributed by atoms with van der Waals surface area (Å²) >= 11 is 3.25. The molecular weight excluding hydrogens is 342 g/mol. The first-order valence-corrected chi connectivity index (χ1v) is 9.10. The molecule has 0 aliphatic heterocycles. The van der Waals surface area contributed by atoms with E-state index in [0.29, 0.717) is 10.0 Å². The van der Waals surface area contributed by atoms with Gasteiger partial charge in [0.05, 0.1) is 11.5 Å². The van der Waals surface area contributed by atoms with E-state index in [9.17, 15) is 8.42 Å². The Hall–Kier alpha value is -0.430. The maximum Gasteiger partial charge on any atom is 0.241 e. The number of aliphatic hydroxyl groups is 1. The summed E-state index contributed by atoms with van der Waals surface area (Å²) in [6, 6.07) is 4.72. The van der Waals surface area contributed by atoms with Gasteiger partial charge in [0.15, 0.2) is 0 Å². The summed E-state index contributed by atoms with van der Waals surface area (Å²) in [6.07, 6.45) is 4.06. The predicted molar refractivity (Wildman–Crippen MR) is 84.0 cm³/mol. The van der Waals surface area contributed by atoms with E-state index < -0.39 is 10.0 Å². The first-order valence-electron chi connectivity index (χ1n) is 6.82. The van der Waals surface area contributed by atoms with Gasteiger partial charge in [-0.1, -0.05) is 32.3 Å². The smallest absolute Gasteiger partial charge is 0.241 e. The van der Waals surface area contributed by atoms with E-state index in [-0.39, 0.29) is 17.5 Å². The molecule has 0 saturated carbocycles. The average Bonchev–Trinajstić information content (AvgIpc) is 2.38.